The van der Waals surface area contributed by atoms with Crippen LogP contribution in [0.25, 0.3) is 0 Å². The first-order valence-corrected chi connectivity index (χ1v) is 10.3. The van der Waals surface area contributed by atoms with Crippen molar-refractivity contribution in [3.8, 4) is 5.88 Å². The predicted octanol–water partition coefficient (Wildman–Crippen LogP) is 2.19. The number of ether oxygens (including phenoxy) is 1. The minimum absolute atomic E-state index is 0.166. The number of carboxylic acids is 1. The van der Waals surface area contributed by atoms with Gasteiger partial charge in [0.25, 0.3) is 0 Å². The minimum Gasteiger partial charge on any atom is -0.477 e. The van der Waals surface area contributed by atoms with Gasteiger partial charge in [0.1, 0.15) is 5.01 Å². The zero-order valence-electron chi connectivity index (χ0n) is 16.3. The number of nitrogens with zero attached hydrogens (tertiary/aromatic N) is 3. The van der Waals surface area contributed by atoms with Crippen LogP contribution in [0, 0.1) is 11.3 Å². The first kappa shape index (κ1) is 22.9. The van der Waals surface area contributed by atoms with Gasteiger partial charge in [-0.25, -0.2) is 14.8 Å². The Hall–Kier alpha value is -2.73. The number of hydrogen-bond acceptors (Lipinski definition) is 7. The molecule has 1 amide bonds. The van der Waals surface area contributed by atoms with Crippen molar-refractivity contribution in [2.24, 2.45) is 11.3 Å². The van der Waals surface area contributed by atoms with E-state index in [4.69, 9.17) is 14.6 Å². The molecule has 8 nitrogen and oxygen atoms in total. The molecular formula is C19H21F3N4O4S. The van der Waals surface area contributed by atoms with Crippen molar-refractivity contribution in [1.29, 1.82) is 0 Å². The van der Waals surface area contributed by atoms with Gasteiger partial charge >= 0.3 is 12.1 Å². The van der Waals surface area contributed by atoms with Crippen LogP contribution in [-0.2, 0) is 16.1 Å². The molecule has 2 aromatic heterocycles. The number of carbonyl (C=O) groups is 2. The van der Waals surface area contributed by atoms with Gasteiger partial charge in [-0.15, -0.1) is 11.3 Å². The summed E-state index contributed by atoms with van der Waals surface area (Å²) in [7, 11) is 0. The Labute approximate surface area is 180 Å². The normalized spacial score (nSPS) is 23.3. The van der Waals surface area contributed by atoms with Crippen molar-refractivity contribution >= 4 is 23.2 Å². The monoisotopic (exact) mass is 458 g/mol. The second kappa shape index (κ2) is 9.60. The molecule has 2 aliphatic rings. The SMILES string of the molecule is O=C(O)C(F)(F)F.O=C1NC[C@H](COc2ccccn2)[C@]12CCN(Cc1nccs1)C2. The van der Waals surface area contributed by atoms with Crippen molar-refractivity contribution in [1.82, 2.24) is 20.2 Å². The van der Waals surface area contributed by atoms with Crippen LogP contribution >= 0.6 is 11.3 Å². The summed E-state index contributed by atoms with van der Waals surface area (Å²) in [6, 6.07) is 5.62. The van der Waals surface area contributed by atoms with Crippen LogP contribution in [0.15, 0.2) is 36.0 Å². The fraction of sp³-hybridized carbons (Fsp3) is 0.474. The number of thiazole rings is 1. The standard InChI is InChI=1S/C17H20N4O2S.C2HF3O2/c22-16-17(4-7-21(12-17)10-15-19-6-8-24-15)13(9-20-16)11-23-14-3-1-2-5-18-14;3-2(4,5)1(6)7/h1-3,5-6,8,13H,4,7,9-12H2,(H,20,22);(H,6,7)/t13-,17-;/m1./s1. The molecule has 2 aliphatic heterocycles. The van der Waals surface area contributed by atoms with Gasteiger partial charge < -0.3 is 15.2 Å². The Bertz CT molecular complexity index is 882. The third-order valence-electron chi connectivity index (χ3n) is 5.28. The minimum atomic E-state index is -5.08. The number of nitrogens with one attached hydrogen (secondary N) is 1. The number of halogens is 3. The molecule has 0 radical (unpaired) electrons. The molecule has 2 atom stereocenters. The number of rotatable bonds is 5. The van der Waals surface area contributed by atoms with Gasteiger partial charge in [0.15, 0.2) is 0 Å². The van der Waals surface area contributed by atoms with Crippen LogP contribution in [-0.4, -0.2) is 64.3 Å². The lowest BCUT2D eigenvalue weighted by Crippen LogP contribution is -2.40. The Kier molecular flexibility index (Phi) is 7.11. The summed E-state index contributed by atoms with van der Waals surface area (Å²) in [4.78, 5) is 32.3. The molecule has 0 unspecified atom stereocenters. The first-order chi connectivity index (χ1) is 14.7. The smallest absolute Gasteiger partial charge is 0.477 e. The second-order valence-corrected chi connectivity index (χ2v) is 8.21. The van der Waals surface area contributed by atoms with E-state index in [1.165, 1.54) is 0 Å². The molecule has 168 valence electrons. The highest BCUT2D eigenvalue weighted by Gasteiger charge is 2.54. The summed E-state index contributed by atoms with van der Waals surface area (Å²) in [5.41, 5.74) is -0.341. The first-order valence-electron chi connectivity index (χ1n) is 9.44. The average Bonchev–Trinajstić information content (AvgIpc) is 3.45. The van der Waals surface area contributed by atoms with Crippen molar-refractivity contribution in [2.75, 3.05) is 26.2 Å². The quantitative estimate of drug-likeness (QED) is 0.708. The average molecular weight is 458 g/mol. The lowest BCUT2D eigenvalue weighted by atomic mass is 9.77. The van der Waals surface area contributed by atoms with E-state index in [2.05, 4.69) is 20.2 Å². The van der Waals surface area contributed by atoms with Crippen LogP contribution in [0.2, 0.25) is 0 Å². The number of carboxylic acid groups (broad SMARTS) is 1. The Morgan fingerprint density at radius 1 is 1.35 bits per heavy atom. The summed E-state index contributed by atoms with van der Waals surface area (Å²) in [5, 5.41) is 13.3. The lowest BCUT2D eigenvalue weighted by molar-refractivity contribution is -0.192. The summed E-state index contributed by atoms with van der Waals surface area (Å²) in [6.45, 7) is 3.71. The Balaban J connectivity index is 0.000000339. The zero-order valence-corrected chi connectivity index (χ0v) is 17.2. The molecule has 0 aliphatic carbocycles. The molecule has 31 heavy (non-hydrogen) atoms. The summed E-state index contributed by atoms with van der Waals surface area (Å²) in [6.07, 6.45) is -0.660. The van der Waals surface area contributed by atoms with Gasteiger partial charge in [-0.3, -0.25) is 9.69 Å². The molecule has 0 saturated carbocycles. The van der Waals surface area contributed by atoms with Gasteiger partial charge in [0.05, 0.1) is 18.6 Å². The molecule has 12 heteroatoms. The predicted molar refractivity (Wildman–Crippen MR) is 104 cm³/mol. The highest BCUT2D eigenvalue weighted by molar-refractivity contribution is 7.09. The maximum atomic E-state index is 12.5. The zero-order chi connectivity index (χ0) is 22.5. The molecule has 4 rings (SSSR count). The van der Waals surface area contributed by atoms with E-state index in [-0.39, 0.29) is 17.2 Å². The number of likely N-dealkylation sites (tertiary alicyclic amines) is 1. The molecule has 2 aromatic rings. The van der Waals surface area contributed by atoms with Crippen molar-refractivity contribution < 1.29 is 32.6 Å². The third kappa shape index (κ3) is 5.70. The van der Waals surface area contributed by atoms with E-state index >= 15 is 0 Å². The molecule has 2 fully saturated rings. The number of amides is 1. The van der Waals surface area contributed by atoms with E-state index in [1.54, 1.807) is 17.5 Å². The second-order valence-electron chi connectivity index (χ2n) is 7.23. The van der Waals surface area contributed by atoms with Crippen LogP contribution in [0.3, 0.4) is 0 Å². The van der Waals surface area contributed by atoms with E-state index in [0.29, 0.717) is 19.0 Å². The van der Waals surface area contributed by atoms with Crippen LogP contribution < -0.4 is 10.1 Å². The fourth-order valence-electron chi connectivity index (χ4n) is 3.70. The maximum Gasteiger partial charge on any atom is 0.490 e. The van der Waals surface area contributed by atoms with Gasteiger partial charge in [0, 0.05) is 42.8 Å². The number of aromatic nitrogens is 2. The molecule has 1 spiro atoms. The van der Waals surface area contributed by atoms with Crippen molar-refractivity contribution in [3.05, 3.63) is 41.0 Å². The number of pyridine rings is 1. The topological polar surface area (TPSA) is 105 Å². The molecule has 2 saturated heterocycles. The number of carbonyl (C=O) groups excluding carboxylic acids is 1. The third-order valence-corrected chi connectivity index (χ3v) is 6.04. The molecule has 0 bridgehead atoms. The number of hydrogen-bond donors (Lipinski definition) is 2. The summed E-state index contributed by atoms with van der Waals surface area (Å²) in [5.74, 6) is -1.80. The summed E-state index contributed by atoms with van der Waals surface area (Å²) >= 11 is 1.66. The molecule has 0 aromatic carbocycles. The highest BCUT2D eigenvalue weighted by Crippen LogP contribution is 2.42. The largest absolute Gasteiger partial charge is 0.490 e. The molecular weight excluding hydrogens is 437 g/mol. The van der Waals surface area contributed by atoms with Crippen LogP contribution in [0.5, 0.6) is 5.88 Å². The Morgan fingerprint density at radius 3 is 2.74 bits per heavy atom. The maximum absolute atomic E-state index is 12.5. The van der Waals surface area contributed by atoms with Gasteiger partial charge in [-0.05, 0) is 19.0 Å². The molecule has 4 heterocycles. The molecule has 2 N–H and O–H groups in total. The van der Waals surface area contributed by atoms with Gasteiger partial charge in [0.2, 0.25) is 11.8 Å². The van der Waals surface area contributed by atoms with E-state index in [1.807, 2.05) is 29.8 Å². The van der Waals surface area contributed by atoms with Gasteiger partial charge in [-0.2, -0.15) is 13.2 Å². The highest BCUT2D eigenvalue weighted by atomic mass is 32.1. The van der Waals surface area contributed by atoms with Gasteiger partial charge in [-0.1, -0.05) is 6.07 Å². The van der Waals surface area contributed by atoms with Crippen LogP contribution in [0.1, 0.15) is 11.4 Å². The van der Waals surface area contributed by atoms with Crippen molar-refractivity contribution in [3.63, 3.8) is 0 Å². The van der Waals surface area contributed by atoms with E-state index in [0.717, 1.165) is 31.1 Å². The van der Waals surface area contributed by atoms with Crippen LogP contribution in [0.4, 0.5) is 13.2 Å². The fourth-order valence-corrected chi connectivity index (χ4v) is 4.36. The van der Waals surface area contributed by atoms with E-state index < -0.39 is 12.1 Å². The number of alkyl halides is 3. The lowest BCUT2D eigenvalue weighted by Gasteiger charge is -2.28. The number of aliphatic carboxylic acids is 1. The summed E-state index contributed by atoms with van der Waals surface area (Å²) < 4.78 is 37.6. The Morgan fingerprint density at radius 2 is 2.13 bits per heavy atom. The van der Waals surface area contributed by atoms with Crippen molar-refractivity contribution in [2.45, 2.75) is 19.1 Å². The van der Waals surface area contributed by atoms with E-state index in [9.17, 15) is 18.0 Å².